The fraction of sp³-hybridized carbons (Fsp3) is 1.00. The zero-order valence-corrected chi connectivity index (χ0v) is 52.2. The lowest BCUT2D eigenvalue weighted by atomic mass is 10.2. The predicted octanol–water partition coefficient (Wildman–Crippen LogP) is 6.53. The molecule has 7 rings (SSSR count). The summed E-state index contributed by atoms with van der Waals surface area (Å²) >= 11 is 0. The molecule has 0 bridgehead atoms. The van der Waals surface area contributed by atoms with Crippen LogP contribution >= 0.6 is 0 Å². The van der Waals surface area contributed by atoms with Crippen LogP contribution in [0.3, 0.4) is 0 Å². The van der Waals surface area contributed by atoms with Gasteiger partial charge in [0.15, 0.2) is 34.7 Å². The number of ether oxygens (including phenoxy) is 18. The molecule has 0 saturated carbocycles. The van der Waals surface area contributed by atoms with Gasteiger partial charge in [-0.3, -0.25) is 0 Å². The second kappa shape index (κ2) is 32.4. The van der Waals surface area contributed by atoms with Gasteiger partial charge in [0.05, 0.1) is 114 Å². The highest BCUT2D eigenvalue weighted by Crippen LogP contribution is 2.29. The summed E-state index contributed by atoms with van der Waals surface area (Å²) in [7, 11) is 0. The third-order valence-electron chi connectivity index (χ3n) is 15.9. The van der Waals surface area contributed by atoms with Crippen molar-refractivity contribution in [1.29, 1.82) is 0 Å². The van der Waals surface area contributed by atoms with Crippen LogP contribution in [0.5, 0.6) is 0 Å². The quantitative estimate of drug-likeness (QED) is 0.0619. The summed E-state index contributed by atoms with van der Waals surface area (Å²) in [6.07, 6.45) is 6.85. The normalized spacial score (nSPS) is 30.7. The van der Waals surface area contributed by atoms with E-state index < -0.39 is 34.7 Å². The van der Waals surface area contributed by atoms with Crippen LogP contribution in [0.2, 0.25) is 0 Å². The average molecular weight is 1160 g/mol. The van der Waals surface area contributed by atoms with Gasteiger partial charge in [-0.2, -0.15) is 0 Å². The molecule has 0 aliphatic carbocycles. The van der Waals surface area contributed by atoms with Crippen LogP contribution in [0, 0.1) is 0 Å². The summed E-state index contributed by atoms with van der Waals surface area (Å²) in [4.78, 5) is 7.84. The third kappa shape index (κ3) is 26.2. The van der Waals surface area contributed by atoms with Gasteiger partial charge in [-0.1, -0.05) is 0 Å². The van der Waals surface area contributed by atoms with E-state index in [1.807, 2.05) is 83.1 Å². The molecule has 7 aliphatic rings. The summed E-state index contributed by atoms with van der Waals surface area (Å²) in [5.74, 6) is -3.40. The van der Waals surface area contributed by atoms with Gasteiger partial charge in [-0.15, -0.1) is 0 Å². The van der Waals surface area contributed by atoms with E-state index in [2.05, 4.69) is 14.7 Å². The Bertz CT molecular complexity index is 1560. The van der Waals surface area contributed by atoms with Crippen molar-refractivity contribution in [2.24, 2.45) is 0 Å². The van der Waals surface area contributed by atoms with Gasteiger partial charge in [0, 0.05) is 98.5 Å². The van der Waals surface area contributed by atoms with Crippen LogP contribution in [-0.4, -0.2) is 262 Å². The molecule has 7 heterocycles. The molecule has 0 aromatic rings. The summed E-state index contributed by atoms with van der Waals surface area (Å²) in [6.45, 7) is 40.0. The van der Waals surface area contributed by atoms with Gasteiger partial charge >= 0.3 is 0 Å². The maximum atomic E-state index is 6.66. The lowest BCUT2D eigenvalue weighted by Crippen LogP contribution is -2.39. The smallest absolute Gasteiger partial charge is 0.163 e. The van der Waals surface area contributed by atoms with E-state index in [0.29, 0.717) is 99.1 Å². The fourth-order valence-electron chi connectivity index (χ4n) is 11.3. The summed E-state index contributed by atoms with van der Waals surface area (Å²) in [5.41, 5.74) is 0. The number of hydrogen-bond donors (Lipinski definition) is 0. The van der Waals surface area contributed by atoms with Gasteiger partial charge in [-0.25, -0.2) is 0 Å². The maximum absolute atomic E-state index is 6.66. The van der Waals surface area contributed by atoms with Crippen molar-refractivity contribution in [1.82, 2.24) is 14.7 Å². The second-order valence-corrected chi connectivity index (χ2v) is 26.0. The molecule has 21 nitrogen and oxygen atoms in total. The topological polar surface area (TPSA) is 176 Å². The Kier molecular flexibility index (Phi) is 27.1. The Labute approximate surface area is 487 Å². The monoisotopic (exact) mass is 1160 g/mol. The van der Waals surface area contributed by atoms with Crippen LogP contribution < -0.4 is 0 Å². The Morgan fingerprint density at radius 1 is 0.309 bits per heavy atom. The first kappa shape index (κ1) is 67.7. The second-order valence-electron chi connectivity index (χ2n) is 26.0. The minimum atomic E-state index is -0.573. The van der Waals surface area contributed by atoms with E-state index in [1.54, 1.807) is 0 Å². The summed E-state index contributed by atoms with van der Waals surface area (Å²) in [5, 5.41) is 0. The van der Waals surface area contributed by atoms with Crippen molar-refractivity contribution in [2.45, 2.75) is 231 Å². The Balaban J connectivity index is 0.981. The fourth-order valence-corrected chi connectivity index (χ4v) is 11.3. The summed E-state index contributed by atoms with van der Waals surface area (Å²) in [6, 6.07) is 0. The van der Waals surface area contributed by atoms with Crippen molar-refractivity contribution in [3.63, 3.8) is 0 Å². The Morgan fingerprint density at radius 2 is 0.506 bits per heavy atom. The number of hydrogen-bond acceptors (Lipinski definition) is 21. The molecule has 7 saturated heterocycles. The lowest BCUT2D eigenvalue weighted by Gasteiger charge is -2.28. The van der Waals surface area contributed by atoms with Gasteiger partial charge in [0.25, 0.3) is 0 Å². The first-order chi connectivity index (χ1) is 38.4. The molecule has 0 aromatic heterocycles. The van der Waals surface area contributed by atoms with Crippen molar-refractivity contribution < 1.29 is 85.3 Å². The van der Waals surface area contributed by atoms with E-state index in [9.17, 15) is 0 Å². The molecule has 0 radical (unpaired) electrons. The number of rotatable bonds is 36. The molecule has 0 aromatic carbocycles. The minimum absolute atomic E-state index is 0.00260. The van der Waals surface area contributed by atoms with E-state index in [4.69, 9.17) is 85.3 Å². The van der Waals surface area contributed by atoms with Gasteiger partial charge < -0.3 is 100.0 Å². The van der Waals surface area contributed by atoms with Crippen LogP contribution in [0.15, 0.2) is 0 Å². The van der Waals surface area contributed by atoms with Crippen molar-refractivity contribution in [3.8, 4) is 0 Å². The molecule has 0 amide bonds. The highest BCUT2D eigenvalue weighted by molar-refractivity contribution is 4.80. The molecule has 0 N–H and O–H groups in total. The minimum Gasteiger partial charge on any atom is -0.379 e. The molecule has 81 heavy (non-hydrogen) atoms. The summed E-state index contributed by atoms with van der Waals surface area (Å²) < 4.78 is 111. The lowest BCUT2D eigenvalue weighted by molar-refractivity contribution is -0.142. The zero-order valence-electron chi connectivity index (χ0n) is 52.2. The molecular weight excluding hydrogens is 1050 g/mol. The largest absolute Gasteiger partial charge is 0.379 e. The molecule has 9 atom stereocenters. The van der Waals surface area contributed by atoms with E-state index in [-0.39, 0.29) is 54.9 Å². The molecular formula is C60H111N3O18. The third-order valence-corrected chi connectivity index (χ3v) is 15.9. The van der Waals surface area contributed by atoms with Gasteiger partial charge in [0.2, 0.25) is 0 Å². The zero-order chi connectivity index (χ0) is 58.0. The van der Waals surface area contributed by atoms with Gasteiger partial charge in [-0.05, 0) is 141 Å². The van der Waals surface area contributed by atoms with Crippen molar-refractivity contribution >= 4 is 0 Å². The molecule has 6 unspecified atom stereocenters. The molecule has 7 aliphatic heterocycles. The van der Waals surface area contributed by atoms with Crippen molar-refractivity contribution in [2.75, 3.05) is 158 Å². The first-order valence-corrected chi connectivity index (χ1v) is 31.1. The molecule has 0 spiro atoms. The maximum Gasteiger partial charge on any atom is 0.163 e. The van der Waals surface area contributed by atoms with E-state index in [0.717, 1.165) is 117 Å². The standard InChI is InChI=1S/C60H111N3O18/c1-55(2)70-40-49(76-55)16-31-64-37-46(67-34-19-52-43-73-58(7,8)79-52)13-22-61-25-27-62(23-14-47(68-35-20-53-44-74-59(9,10)80-53)38-65-32-17-50-41-71-56(3,4)77-50)29-30-63(28-26-61)24-15-48(69-36-21-54-45-75-60(11,12)81-54)39-66-33-18-51-42-72-57(5,6)78-51/h46-54H,13-45H2,1-12H3/t46-,47-,48-,49?,50?,51?,52?,53?,54?/m1/s1. The average Bonchev–Trinajstić information content (AvgIpc) is 4.26. The van der Waals surface area contributed by atoms with Gasteiger partial charge in [0.1, 0.15) is 0 Å². The Hall–Kier alpha value is -0.840. The molecule has 474 valence electrons. The molecule has 7 fully saturated rings. The van der Waals surface area contributed by atoms with E-state index >= 15 is 0 Å². The van der Waals surface area contributed by atoms with Crippen LogP contribution in [0.1, 0.15) is 141 Å². The molecule has 21 heteroatoms. The highest BCUT2D eigenvalue weighted by Gasteiger charge is 2.37. The Morgan fingerprint density at radius 3 is 0.691 bits per heavy atom. The van der Waals surface area contributed by atoms with Crippen LogP contribution in [0.4, 0.5) is 0 Å². The van der Waals surface area contributed by atoms with Crippen LogP contribution in [0.25, 0.3) is 0 Å². The van der Waals surface area contributed by atoms with Crippen LogP contribution in [-0.2, 0) is 85.3 Å². The predicted molar refractivity (Wildman–Crippen MR) is 302 cm³/mol. The highest BCUT2D eigenvalue weighted by atomic mass is 16.8. The van der Waals surface area contributed by atoms with Crippen molar-refractivity contribution in [3.05, 3.63) is 0 Å². The van der Waals surface area contributed by atoms with E-state index in [1.165, 1.54) is 0 Å². The first-order valence-electron chi connectivity index (χ1n) is 31.1. The number of nitrogens with zero attached hydrogens (tertiary/aromatic N) is 3. The SMILES string of the molecule is CC1(C)OCC(CCOC[C@@H](CCN2CCN(CC[C@H](COCCC3COC(C)(C)O3)OCCC3COC(C)(C)O3)CCN(CC[C@H](COCCC3COC(C)(C)O3)OCCC3COC(C)(C)O3)CC2)OCCC2COC(C)(C)O2)O1.